The summed E-state index contributed by atoms with van der Waals surface area (Å²) < 4.78 is 0. The molecule has 1 saturated heterocycles. The van der Waals surface area contributed by atoms with Crippen LogP contribution in [0.2, 0.25) is 0 Å². The second-order valence-electron chi connectivity index (χ2n) is 7.27. The van der Waals surface area contributed by atoms with Crippen molar-refractivity contribution < 1.29 is 5.11 Å². The van der Waals surface area contributed by atoms with Gasteiger partial charge in [-0.25, -0.2) is 0 Å². The van der Waals surface area contributed by atoms with Crippen molar-refractivity contribution in [2.24, 2.45) is 0 Å². The molecule has 0 radical (unpaired) electrons. The Morgan fingerprint density at radius 1 is 1.36 bits per heavy atom. The predicted molar refractivity (Wildman–Crippen MR) is 99.4 cm³/mol. The van der Waals surface area contributed by atoms with Crippen molar-refractivity contribution in [3.8, 4) is 5.75 Å². The van der Waals surface area contributed by atoms with Crippen LogP contribution in [0.15, 0.2) is 10.9 Å². The van der Waals surface area contributed by atoms with Gasteiger partial charge in [-0.15, -0.1) is 0 Å². The van der Waals surface area contributed by atoms with Crippen molar-refractivity contribution in [2.75, 3.05) is 25.0 Å². The highest BCUT2D eigenvalue weighted by atomic mass is 16.3. The molecule has 134 valence electrons. The fourth-order valence-electron chi connectivity index (χ4n) is 4.18. The second kappa shape index (κ2) is 6.67. The molecule has 3 N–H and O–H groups in total. The third-order valence-electron chi connectivity index (χ3n) is 5.47. The number of hydrogen-bond donors (Lipinski definition) is 3. The fraction of sp³-hybridized carbons (Fsp3) is 0.579. The van der Waals surface area contributed by atoms with Gasteiger partial charge in [0.15, 0.2) is 5.75 Å². The van der Waals surface area contributed by atoms with Crippen LogP contribution in [0, 0.1) is 0 Å². The lowest BCUT2D eigenvalue weighted by atomic mass is 10.0. The lowest BCUT2D eigenvalue weighted by Crippen LogP contribution is -2.39. The summed E-state index contributed by atoms with van der Waals surface area (Å²) in [7, 11) is 0. The van der Waals surface area contributed by atoms with Crippen LogP contribution >= 0.6 is 0 Å². The third kappa shape index (κ3) is 3.11. The minimum atomic E-state index is -0.451. The molecule has 1 fully saturated rings. The molecule has 0 unspecified atom stereocenters. The minimum absolute atomic E-state index is 0.267. The second-order valence-corrected chi connectivity index (χ2v) is 7.27. The van der Waals surface area contributed by atoms with E-state index >= 15 is 0 Å². The van der Waals surface area contributed by atoms with Crippen LogP contribution < -0.4 is 10.9 Å². The number of fused-ring (bicyclic) bond motifs is 2. The molecule has 25 heavy (non-hydrogen) atoms. The summed E-state index contributed by atoms with van der Waals surface area (Å²) in [4.78, 5) is 21.9. The molecule has 4 rings (SSSR count). The van der Waals surface area contributed by atoms with E-state index < -0.39 is 5.56 Å². The zero-order valence-electron chi connectivity index (χ0n) is 14.8. The Bertz CT molecular complexity index is 837. The first-order valence-corrected chi connectivity index (χ1v) is 9.42. The van der Waals surface area contributed by atoms with E-state index in [0.717, 1.165) is 62.1 Å². The van der Waals surface area contributed by atoms with Gasteiger partial charge in [0.25, 0.3) is 5.56 Å². The number of rotatable bonds is 4. The maximum atomic E-state index is 11.9. The molecule has 1 aliphatic carbocycles. The highest BCUT2D eigenvalue weighted by molar-refractivity contribution is 5.91. The summed E-state index contributed by atoms with van der Waals surface area (Å²) in [6, 6.07) is 1.91. The van der Waals surface area contributed by atoms with Crippen molar-refractivity contribution in [3.63, 3.8) is 0 Å². The maximum Gasteiger partial charge on any atom is 0.290 e. The van der Waals surface area contributed by atoms with Gasteiger partial charge < -0.3 is 20.3 Å². The molecule has 6 nitrogen and oxygen atoms in total. The van der Waals surface area contributed by atoms with E-state index in [1.54, 1.807) is 0 Å². The van der Waals surface area contributed by atoms with E-state index in [1.807, 2.05) is 0 Å². The Balaban J connectivity index is 1.67. The molecule has 6 heteroatoms. The van der Waals surface area contributed by atoms with Crippen LogP contribution in [0.1, 0.15) is 43.9 Å². The topological polar surface area (TPSA) is 81.2 Å². The van der Waals surface area contributed by atoms with Crippen molar-refractivity contribution in [1.29, 1.82) is 0 Å². The Morgan fingerprint density at radius 2 is 2.16 bits per heavy atom. The Labute approximate surface area is 147 Å². The number of piperidine rings is 1. The molecule has 0 spiro atoms. The van der Waals surface area contributed by atoms with Gasteiger partial charge in [0.2, 0.25) is 0 Å². The van der Waals surface area contributed by atoms with Gasteiger partial charge >= 0.3 is 0 Å². The Morgan fingerprint density at radius 3 is 2.92 bits per heavy atom. The van der Waals surface area contributed by atoms with Crippen molar-refractivity contribution in [1.82, 2.24) is 14.9 Å². The fourth-order valence-corrected chi connectivity index (χ4v) is 4.18. The summed E-state index contributed by atoms with van der Waals surface area (Å²) in [5, 5.41) is 13.5. The first kappa shape index (κ1) is 16.4. The van der Waals surface area contributed by atoms with Gasteiger partial charge in [0.1, 0.15) is 0 Å². The molecule has 0 amide bonds. The van der Waals surface area contributed by atoms with Crippen molar-refractivity contribution in [2.45, 2.75) is 51.5 Å². The molecule has 0 aromatic carbocycles. The van der Waals surface area contributed by atoms with Gasteiger partial charge in [-0.3, -0.25) is 9.78 Å². The van der Waals surface area contributed by atoms with Crippen LogP contribution in [0.4, 0.5) is 5.69 Å². The van der Waals surface area contributed by atoms with Gasteiger partial charge in [-0.05, 0) is 50.6 Å². The number of nitrogens with one attached hydrogen (secondary N) is 2. The van der Waals surface area contributed by atoms with E-state index in [0.29, 0.717) is 11.6 Å². The molecule has 2 aliphatic rings. The molecular formula is C19H26N4O2. The Hall–Kier alpha value is -2.08. The van der Waals surface area contributed by atoms with Crippen LogP contribution in [-0.2, 0) is 12.8 Å². The quantitative estimate of drug-likeness (QED) is 0.795. The number of aryl methyl sites for hydroxylation is 1. The first-order valence-electron chi connectivity index (χ1n) is 9.42. The summed E-state index contributed by atoms with van der Waals surface area (Å²) in [6.45, 7) is 5.64. The number of H-pyrrole nitrogens is 1. The third-order valence-corrected chi connectivity index (χ3v) is 5.47. The van der Waals surface area contributed by atoms with E-state index in [2.05, 4.69) is 27.1 Å². The van der Waals surface area contributed by atoms with Gasteiger partial charge in [0, 0.05) is 30.9 Å². The standard InChI is InChI=1S/C19H26N4O2/c1-2-8-23-9-6-12(7-10-23)20-17-13-4-3-5-14(13)21-15-11-16(24)19(25)22-18(15)17/h11-12,24H,2-10H2,1H3,(H,20,21)(H,22,25). The summed E-state index contributed by atoms with van der Waals surface area (Å²) >= 11 is 0. The highest BCUT2D eigenvalue weighted by Crippen LogP contribution is 2.34. The number of aromatic nitrogens is 2. The zero-order chi connectivity index (χ0) is 17.4. The molecule has 0 bridgehead atoms. The van der Waals surface area contributed by atoms with E-state index in [9.17, 15) is 9.90 Å². The first-order chi connectivity index (χ1) is 12.2. The normalized spacial score (nSPS) is 18.6. The van der Waals surface area contributed by atoms with Crippen molar-refractivity contribution >= 4 is 16.7 Å². The number of pyridine rings is 2. The number of nitrogens with zero attached hydrogens (tertiary/aromatic N) is 2. The monoisotopic (exact) mass is 342 g/mol. The van der Waals surface area contributed by atoms with Crippen LogP contribution in [-0.4, -0.2) is 45.7 Å². The average Bonchev–Trinajstić information content (AvgIpc) is 3.06. The van der Waals surface area contributed by atoms with Crippen LogP contribution in [0.25, 0.3) is 11.0 Å². The zero-order valence-corrected chi connectivity index (χ0v) is 14.8. The SMILES string of the molecule is CCCN1CCC(Nc2c3c(nc4cc(O)c(=O)[nH]c24)CCC3)CC1. The number of anilines is 1. The van der Waals surface area contributed by atoms with E-state index in [4.69, 9.17) is 0 Å². The maximum absolute atomic E-state index is 11.9. The van der Waals surface area contributed by atoms with E-state index in [-0.39, 0.29) is 5.75 Å². The molecule has 2 aromatic heterocycles. The van der Waals surface area contributed by atoms with Gasteiger partial charge in [-0.2, -0.15) is 0 Å². The molecular weight excluding hydrogens is 316 g/mol. The van der Waals surface area contributed by atoms with Crippen LogP contribution in [0.5, 0.6) is 5.75 Å². The largest absolute Gasteiger partial charge is 0.503 e. The van der Waals surface area contributed by atoms with E-state index in [1.165, 1.54) is 24.6 Å². The van der Waals surface area contributed by atoms with Gasteiger partial charge in [-0.1, -0.05) is 6.92 Å². The number of hydrogen-bond acceptors (Lipinski definition) is 5. The van der Waals surface area contributed by atoms with Gasteiger partial charge in [0.05, 0.1) is 16.7 Å². The highest BCUT2D eigenvalue weighted by Gasteiger charge is 2.24. The number of aromatic hydroxyl groups is 1. The summed E-state index contributed by atoms with van der Waals surface area (Å²) in [5.74, 6) is -0.267. The lowest BCUT2D eigenvalue weighted by Gasteiger charge is -2.33. The molecule has 1 aliphatic heterocycles. The number of likely N-dealkylation sites (tertiary alicyclic amines) is 1. The summed E-state index contributed by atoms with van der Waals surface area (Å²) in [5.41, 5.74) is 4.33. The smallest absolute Gasteiger partial charge is 0.290 e. The Kier molecular flexibility index (Phi) is 4.37. The summed E-state index contributed by atoms with van der Waals surface area (Å²) in [6.07, 6.45) is 6.48. The minimum Gasteiger partial charge on any atom is -0.503 e. The molecule has 0 saturated carbocycles. The molecule has 3 heterocycles. The number of aromatic amines is 1. The molecule has 2 aromatic rings. The van der Waals surface area contributed by atoms with Crippen molar-refractivity contribution in [3.05, 3.63) is 27.7 Å². The van der Waals surface area contributed by atoms with Crippen LogP contribution in [0.3, 0.4) is 0 Å². The lowest BCUT2D eigenvalue weighted by molar-refractivity contribution is 0.219. The predicted octanol–water partition coefficient (Wildman–Crippen LogP) is 2.40. The molecule has 0 atom stereocenters. The average molecular weight is 342 g/mol.